The molecule has 0 bridgehead atoms. The first kappa shape index (κ1) is 18.7. The zero-order chi connectivity index (χ0) is 20.7. The lowest BCUT2D eigenvalue weighted by atomic mass is 9.89. The van der Waals surface area contributed by atoms with Crippen LogP contribution in [0.25, 0.3) is 10.9 Å². The van der Waals surface area contributed by atoms with Gasteiger partial charge in [0.15, 0.2) is 5.78 Å². The molecule has 1 aromatic heterocycles. The third-order valence-corrected chi connectivity index (χ3v) is 6.23. The molecule has 1 fully saturated rings. The van der Waals surface area contributed by atoms with Crippen molar-refractivity contribution in [1.29, 1.82) is 0 Å². The third-order valence-electron chi connectivity index (χ3n) is 6.23. The van der Waals surface area contributed by atoms with Gasteiger partial charge in [-0.05, 0) is 60.7 Å². The molecule has 0 saturated carbocycles. The first-order valence-corrected chi connectivity index (χ1v) is 10.3. The van der Waals surface area contributed by atoms with E-state index in [2.05, 4.69) is 17.2 Å². The summed E-state index contributed by atoms with van der Waals surface area (Å²) in [5, 5.41) is 1.19. The number of amides is 1. The van der Waals surface area contributed by atoms with Gasteiger partial charge >= 0.3 is 0 Å². The molecule has 2 aromatic carbocycles. The molecule has 3 heterocycles. The maximum Gasteiger partial charge on any atom is 0.253 e. The van der Waals surface area contributed by atoms with Crippen molar-refractivity contribution in [2.75, 3.05) is 26.8 Å². The number of rotatable bonds is 3. The summed E-state index contributed by atoms with van der Waals surface area (Å²) >= 11 is 0. The van der Waals surface area contributed by atoms with Crippen LogP contribution in [0.1, 0.15) is 40.2 Å². The highest BCUT2D eigenvalue weighted by Crippen LogP contribution is 2.35. The van der Waals surface area contributed by atoms with Gasteiger partial charge in [0, 0.05) is 47.7 Å². The Morgan fingerprint density at radius 1 is 1.17 bits per heavy atom. The van der Waals surface area contributed by atoms with Gasteiger partial charge in [0.2, 0.25) is 0 Å². The molecule has 30 heavy (non-hydrogen) atoms. The van der Waals surface area contributed by atoms with Crippen LogP contribution < -0.4 is 9.47 Å². The number of piperidine rings is 1. The number of likely N-dealkylation sites (tertiary alicyclic amines) is 1. The number of H-pyrrole nitrogens is 1. The van der Waals surface area contributed by atoms with Gasteiger partial charge in [-0.1, -0.05) is 0 Å². The van der Waals surface area contributed by atoms with Gasteiger partial charge in [0.05, 0.1) is 7.11 Å². The number of aromatic amines is 1. The van der Waals surface area contributed by atoms with Crippen molar-refractivity contribution in [3.8, 4) is 11.5 Å². The number of benzene rings is 2. The average Bonchev–Trinajstić information content (AvgIpc) is 3.21. The van der Waals surface area contributed by atoms with Crippen molar-refractivity contribution in [3.63, 3.8) is 0 Å². The number of hydrogen-bond acceptors (Lipinski definition) is 4. The van der Waals surface area contributed by atoms with Crippen LogP contribution in [-0.2, 0) is 11.2 Å². The van der Waals surface area contributed by atoms with Crippen LogP contribution in [0.2, 0.25) is 0 Å². The van der Waals surface area contributed by atoms with Crippen LogP contribution in [-0.4, -0.2) is 48.4 Å². The Kier molecular flexibility index (Phi) is 4.69. The largest absolute Gasteiger partial charge is 0.497 e. The predicted octanol–water partition coefficient (Wildman–Crippen LogP) is 3.70. The number of carbonyl (C=O) groups excluding carboxylic acids is 2. The molecular formula is C24H24N2O4. The number of nitrogens with zero attached hydrogens (tertiary/aromatic N) is 1. The van der Waals surface area contributed by atoms with E-state index in [0.717, 1.165) is 29.7 Å². The number of methoxy groups -OCH3 is 1. The van der Waals surface area contributed by atoms with E-state index in [0.29, 0.717) is 36.7 Å². The number of aromatic nitrogens is 1. The molecule has 6 heteroatoms. The lowest BCUT2D eigenvalue weighted by molar-refractivity contribution is -0.121. The monoisotopic (exact) mass is 404 g/mol. The summed E-state index contributed by atoms with van der Waals surface area (Å²) in [5.41, 5.74) is 3.83. The lowest BCUT2D eigenvalue weighted by Crippen LogP contribution is -2.38. The third kappa shape index (κ3) is 3.32. The van der Waals surface area contributed by atoms with Gasteiger partial charge < -0.3 is 19.4 Å². The van der Waals surface area contributed by atoms with E-state index in [1.807, 2.05) is 23.1 Å². The summed E-state index contributed by atoms with van der Waals surface area (Å²) < 4.78 is 10.8. The molecule has 5 rings (SSSR count). The van der Waals surface area contributed by atoms with Gasteiger partial charge in [-0.15, -0.1) is 0 Å². The van der Waals surface area contributed by atoms with Crippen LogP contribution in [0.3, 0.4) is 0 Å². The van der Waals surface area contributed by atoms with E-state index in [-0.39, 0.29) is 18.3 Å². The normalized spacial score (nSPS) is 17.0. The zero-order valence-electron chi connectivity index (χ0n) is 16.9. The minimum Gasteiger partial charge on any atom is -0.497 e. The summed E-state index contributed by atoms with van der Waals surface area (Å²) in [6.07, 6.45) is 4.26. The molecule has 154 valence electrons. The van der Waals surface area contributed by atoms with Gasteiger partial charge in [-0.2, -0.15) is 0 Å². The fraction of sp³-hybridized carbons (Fsp3) is 0.333. The van der Waals surface area contributed by atoms with E-state index >= 15 is 0 Å². The zero-order valence-corrected chi connectivity index (χ0v) is 16.9. The highest BCUT2D eigenvalue weighted by atomic mass is 16.5. The number of nitrogens with one attached hydrogen (secondary N) is 1. The van der Waals surface area contributed by atoms with Crippen molar-refractivity contribution in [1.82, 2.24) is 9.88 Å². The number of carbonyl (C=O) groups is 2. The first-order chi connectivity index (χ1) is 14.6. The second-order valence-electron chi connectivity index (χ2n) is 8.05. The Morgan fingerprint density at radius 3 is 2.80 bits per heavy atom. The number of Topliss-reactive ketones (excluding diaryl/α,β-unsaturated/α-hetero) is 1. The standard InChI is InChI=1S/C24H24N2O4/c1-29-19-3-4-22-20(12-19)21(13-25-22)15-6-8-26(9-7-15)24(28)16-2-5-23-17(10-16)11-18(27)14-30-23/h2-5,10,12-13,15,25H,6-9,11,14H2,1H3. The lowest BCUT2D eigenvalue weighted by Gasteiger charge is -2.32. The number of ketones is 1. The smallest absolute Gasteiger partial charge is 0.253 e. The molecule has 2 aliphatic rings. The van der Waals surface area contributed by atoms with Gasteiger partial charge in [-0.25, -0.2) is 0 Å². The topological polar surface area (TPSA) is 71.6 Å². The van der Waals surface area contributed by atoms with Crippen molar-refractivity contribution in [2.24, 2.45) is 0 Å². The molecule has 2 aliphatic heterocycles. The number of ether oxygens (including phenoxy) is 2. The molecule has 0 unspecified atom stereocenters. The number of hydrogen-bond donors (Lipinski definition) is 1. The SMILES string of the molecule is COc1ccc2[nH]cc(C3CCN(C(=O)c4ccc5c(c4)CC(=O)CO5)CC3)c2c1. The second-order valence-corrected chi connectivity index (χ2v) is 8.05. The van der Waals surface area contributed by atoms with Crippen molar-refractivity contribution in [3.05, 3.63) is 59.3 Å². The summed E-state index contributed by atoms with van der Waals surface area (Å²) in [4.78, 5) is 30.0. The molecule has 0 spiro atoms. The molecule has 1 saturated heterocycles. The quantitative estimate of drug-likeness (QED) is 0.723. The molecule has 0 radical (unpaired) electrons. The Hall–Kier alpha value is -3.28. The summed E-state index contributed by atoms with van der Waals surface area (Å²) in [7, 11) is 1.68. The van der Waals surface area contributed by atoms with Crippen LogP contribution in [0, 0.1) is 0 Å². The summed E-state index contributed by atoms with van der Waals surface area (Å²) in [6.45, 7) is 1.55. The molecule has 0 atom stereocenters. The summed E-state index contributed by atoms with van der Waals surface area (Å²) in [6, 6.07) is 11.5. The molecule has 1 amide bonds. The Balaban J connectivity index is 1.30. The van der Waals surface area contributed by atoms with Gasteiger partial charge in [-0.3, -0.25) is 9.59 Å². The maximum absolute atomic E-state index is 13.0. The van der Waals surface area contributed by atoms with Crippen LogP contribution >= 0.6 is 0 Å². The van der Waals surface area contributed by atoms with E-state index in [9.17, 15) is 9.59 Å². The van der Waals surface area contributed by atoms with Gasteiger partial charge in [0.25, 0.3) is 5.91 Å². The van der Waals surface area contributed by atoms with Crippen molar-refractivity contribution >= 4 is 22.6 Å². The molecule has 1 N–H and O–H groups in total. The molecule has 3 aromatic rings. The van der Waals surface area contributed by atoms with Crippen molar-refractivity contribution in [2.45, 2.75) is 25.2 Å². The Morgan fingerprint density at radius 2 is 2.00 bits per heavy atom. The van der Waals surface area contributed by atoms with E-state index in [4.69, 9.17) is 9.47 Å². The van der Waals surface area contributed by atoms with Crippen LogP contribution in [0.5, 0.6) is 11.5 Å². The average molecular weight is 404 g/mol. The first-order valence-electron chi connectivity index (χ1n) is 10.3. The molecule has 0 aliphatic carbocycles. The second kappa shape index (κ2) is 7.52. The van der Waals surface area contributed by atoms with Gasteiger partial charge in [0.1, 0.15) is 18.1 Å². The van der Waals surface area contributed by atoms with E-state index < -0.39 is 0 Å². The fourth-order valence-electron chi connectivity index (χ4n) is 4.58. The number of fused-ring (bicyclic) bond motifs is 2. The maximum atomic E-state index is 13.0. The highest BCUT2D eigenvalue weighted by Gasteiger charge is 2.27. The minimum absolute atomic E-state index is 0.0230. The molecular weight excluding hydrogens is 380 g/mol. The van der Waals surface area contributed by atoms with E-state index in [1.165, 1.54) is 10.9 Å². The fourth-order valence-corrected chi connectivity index (χ4v) is 4.58. The van der Waals surface area contributed by atoms with E-state index in [1.54, 1.807) is 19.2 Å². The Bertz CT molecular complexity index is 1130. The van der Waals surface area contributed by atoms with Crippen molar-refractivity contribution < 1.29 is 19.1 Å². The predicted molar refractivity (Wildman–Crippen MR) is 113 cm³/mol. The Labute approximate surface area is 174 Å². The van der Waals surface area contributed by atoms with Crippen LogP contribution in [0.15, 0.2) is 42.6 Å². The highest BCUT2D eigenvalue weighted by molar-refractivity contribution is 5.95. The minimum atomic E-state index is 0.0230. The van der Waals surface area contributed by atoms with Crippen LogP contribution in [0.4, 0.5) is 0 Å². The summed E-state index contributed by atoms with van der Waals surface area (Å²) in [5.74, 6) is 2.04. The molecule has 6 nitrogen and oxygen atoms in total.